The van der Waals surface area contributed by atoms with Gasteiger partial charge in [0.1, 0.15) is 6.04 Å². The molecule has 1 unspecified atom stereocenters. The molecule has 1 N–H and O–H groups in total. The number of sulfonamides is 1. The highest BCUT2D eigenvalue weighted by atomic mass is 32.2. The lowest BCUT2D eigenvalue weighted by Gasteiger charge is -2.33. The van der Waals surface area contributed by atoms with E-state index in [9.17, 15) is 18.3 Å². The second-order valence-electron chi connectivity index (χ2n) is 5.04. The van der Waals surface area contributed by atoms with Gasteiger partial charge in [0.25, 0.3) is 0 Å². The van der Waals surface area contributed by atoms with E-state index in [2.05, 4.69) is 0 Å². The van der Waals surface area contributed by atoms with Crippen LogP contribution in [0.5, 0.6) is 0 Å². The normalized spacial score (nSPS) is 23.9. The molecule has 3 rings (SSSR count). The van der Waals surface area contributed by atoms with Gasteiger partial charge >= 0.3 is 5.97 Å². The van der Waals surface area contributed by atoms with Crippen LogP contribution in [0.4, 0.5) is 0 Å². The van der Waals surface area contributed by atoms with Crippen molar-refractivity contribution in [2.24, 2.45) is 0 Å². The van der Waals surface area contributed by atoms with Crippen molar-refractivity contribution < 1.29 is 18.3 Å². The van der Waals surface area contributed by atoms with Crippen LogP contribution in [-0.4, -0.2) is 35.6 Å². The average Bonchev–Trinajstić information content (AvgIpc) is 3.21. The van der Waals surface area contributed by atoms with E-state index >= 15 is 0 Å². The predicted octanol–water partition coefficient (Wildman–Crippen LogP) is 1.16. The molecule has 1 aliphatic carbocycles. The quantitative estimate of drug-likeness (QED) is 0.902. The standard InChI is InChI=1S/C13H15NO4S/c15-13(16)12-11-4-2-1-3-9(11)7-8-14(12)19(17,18)10-5-6-10/h1-4,10,12H,5-8H2,(H,15,16). The highest BCUT2D eigenvalue weighted by molar-refractivity contribution is 7.90. The molecule has 5 nitrogen and oxygen atoms in total. The fraction of sp³-hybridized carbons (Fsp3) is 0.462. The van der Waals surface area contributed by atoms with Crippen LogP contribution in [0.2, 0.25) is 0 Å². The number of carbonyl (C=O) groups is 1. The number of benzene rings is 1. The number of hydrogen-bond donors (Lipinski definition) is 1. The maximum absolute atomic E-state index is 12.3. The van der Waals surface area contributed by atoms with Gasteiger partial charge < -0.3 is 5.11 Å². The van der Waals surface area contributed by atoms with Gasteiger partial charge in [-0.25, -0.2) is 8.42 Å². The van der Waals surface area contributed by atoms with E-state index in [1.54, 1.807) is 12.1 Å². The predicted molar refractivity (Wildman–Crippen MR) is 69.2 cm³/mol. The first-order valence-corrected chi connectivity index (χ1v) is 7.83. The zero-order chi connectivity index (χ0) is 13.6. The molecule has 1 saturated carbocycles. The summed E-state index contributed by atoms with van der Waals surface area (Å²) in [5, 5.41) is 9.04. The topological polar surface area (TPSA) is 74.7 Å². The second kappa shape index (κ2) is 4.31. The van der Waals surface area contributed by atoms with E-state index in [4.69, 9.17) is 0 Å². The lowest BCUT2D eigenvalue weighted by molar-refractivity contribution is -0.142. The number of carboxylic acid groups (broad SMARTS) is 1. The first-order chi connectivity index (χ1) is 9.01. The fourth-order valence-corrected chi connectivity index (χ4v) is 4.59. The number of hydrogen-bond acceptors (Lipinski definition) is 3. The highest BCUT2D eigenvalue weighted by Crippen LogP contribution is 2.38. The SMILES string of the molecule is O=C(O)C1c2ccccc2CCN1S(=O)(=O)C1CC1. The molecule has 1 aromatic rings. The van der Waals surface area contributed by atoms with Gasteiger partial charge in [0.15, 0.2) is 0 Å². The van der Waals surface area contributed by atoms with Gasteiger partial charge in [0.2, 0.25) is 10.0 Å². The first-order valence-electron chi connectivity index (χ1n) is 6.33. The molecule has 1 aliphatic heterocycles. The molecule has 0 bridgehead atoms. The van der Waals surface area contributed by atoms with Gasteiger partial charge in [0.05, 0.1) is 5.25 Å². The molecule has 0 aromatic heterocycles. The summed E-state index contributed by atoms with van der Waals surface area (Å²) in [4.78, 5) is 11.5. The Kier molecular flexibility index (Phi) is 2.87. The summed E-state index contributed by atoms with van der Waals surface area (Å²) in [5.74, 6) is -1.10. The molecule has 0 saturated heterocycles. The van der Waals surface area contributed by atoms with E-state index in [0.717, 1.165) is 5.56 Å². The molecule has 19 heavy (non-hydrogen) atoms. The third-order valence-corrected chi connectivity index (χ3v) is 6.11. The zero-order valence-electron chi connectivity index (χ0n) is 10.3. The Morgan fingerprint density at radius 1 is 1.26 bits per heavy atom. The molecule has 0 radical (unpaired) electrons. The maximum Gasteiger partial charge on any atom is 0.326 e. The summed E-state index contributed by atoms with van der Waals surface area (Å²) in [6, 6.07) is 6.11. The monoisotopic (exact) mass is 281 g/mol. The third kappa shape index (κ3) is 2.04. The molecule has 1 fully saturated rings. The minimum absolute atomic E-state index is 0.257. The largest absolute Gasteiger partial charge is 0.480 e. The van der Waals surface area contributed by atoms with Gasteiger partial charge in [-0.15, -0.1) is 0 Å². The van der Waals surface area contributed by atoms with E-state index in [-0.39, 0.29) is 11.8 Å². The molecular weight excluding hydrogens is 266 g/mol. The molecule has 0 spiro atoms. The molecule has 102 valence electrons. The molecular formula is C13H15NO4S. The van der Waals surface area contributed by atoms with Gasteiger partial charge in [-0.3, -0.25) is 4.79 Å². The van der Waals surface area contributed by atoms with Gasteiger partial charge in [0, 0.05) is 6.54 Å². The number of aliphatic carboxylic acids is 1. The van der Waals surface area contributed by atoms with Crippen molar-refractivity contribution in [1.82, 2.24) is 4.31 Å². The van der Waals surface area contributed by atoms with Crippen molar-refractivity contribution >= 4 is 16.0 Å². The first kappa shape index (κ1) is 12.6. The van der Waals surface area contributed by atoms with Crippen LogP contribution in [0, 0.1) is 0 Å². The summed E-state index contributed by atoms with van der Waals surface area (Å²) in [6.07, 6.45) is 1.87. The molecule has 1 aromatic carbocycles. The average molecular weight is 281 g/mol. The lowest BCUT2D eigenvalue weighted by atomic mass is 9.94. The van der Waals surface area contributed by atoms with Crippen LogP contribution >= 0.6 is 0 Å². The lowest BCUT2D eigenvalue weighted by Crippen LogP contribution is -2.44. The Labute approximate surface area is 111 Å². The Hall–Kier alpha value is -1.40. The Balaban J connectivity index is 2.06. The summed E-state index contributed by atoms with van der Waals surface area (Å²) in [5.41, 5.74) is 1.53. The van der Waals surface area contributed by atoms with E-state index in [1.807, 2.05) is 12.1 Å². The van der Waals surface area contributed by atoms with Gasteiger partial charge in [-0.1, -0.05) is 24.3 Å². The van der Waals surface area contributed by atoms with Crippen LogP contribution in [0.1, 0.15) is 30.0 Å². The van der Waals surface area contributed by atoms with Gasteiger partial charge in [-0.2, -0.15) is 4.31 Å². The number of nitrogens with zero attached hydrogens (tertiary/aromatic N) is 1. The van der Waals surface area contributed by atoms with Crippen LogP contribution in [0.3, 0.4) is 0 Å². The highest BCUT2D eigenvalue weighted by Gasteiger charge is 2.46. The molecule has 2 aliphatic rings. The summed E-state index contributed by atoms with van der Waals surface area (Å²) in [7, 11) is -3.47. The summed E-state index contributed by atoms with van der Waals surface area (Å²) >= 11 is 0. The van der Waals surface area contributed by atoms with E-state index in [1.165, 1.54) is 4.31 Å². The zero-order valence-corrected chi connectivity index (χ0v) is 11.1. The van der Waals surface area contributed by atoms with Crippen LogP contribution in [0.15, 0.2) is 24.3 Å². The van der Waals surface area contributed by atoms with E-state index < -0.39 is 22.0 Å². The van der Waals surface area contributed by atoms with Crippen molar-refractivity contribution in [2.45, 2.75) is 30.6 Å². The minimum atomic E-state index is -3.47. The maximum atomic E-state index is 12.3. The van der Waals surface area contributed by atoms with Crippen molar-refractivity contribution in [1.29, 1.82) is 0 Å². The number of fused-ring (bicyclic) bond motifs is 1. The van der Waals surface area contributed by atoms with Crippen LogP contribution in [-0.2, 0) is 21.2 Å². The fourth-order valence-electron chi connectivity index (χ4n) is 2.63. The summed E-state index contributed by atoms with van der Waals surface area (Å²) < 4.78 is 25.8. The molecule has 1 heterocycles. The van der Waals surface area contributed by atoms with Crippen molar-refractivity contribution in [3.63, 3.8) is 0 Å². The minimum Gasteiger partial charge on any atom is -0.480 e. The molecule has 1 atom stereocenters. The van der Waals surface area contributed by atoms with Gasteiger partial charge in [-0.05, 0) is 30.4 Å². The Bertz CT molecular complexity index is 621. The molecule has 0 amide bonds. The number of rotatable bonds is 3. The van der Waals surface area contributed by atoms with Crippen molar-refractivity contribution in [3.05, 3.63) is 35.4 Å². The smallest absolute Gasteiger partial charge is 0.326 e. The molecule has 6 heteroatoms. The summed E-state index contributed by atoms with van der Waals surface area (Å²) in [6.45, 7) is 0.257. The Morgan fingerprint density at radius 3 is 2.58 bits per heavy atom. The van der Waals surface area contributed by atoms with Crippen molar-refractivity contribution in [2.75, 3.05) is 6.54 Å². The van der Waals surface area contributed by atoms with Crippen LogP contribution < -0.4 is 0 Å². The van der Waals surface area contributed by atoms with Crippen LogP contribution in [0.25, 0.3) is 0 Å². The third-order valence-electron chi connectivity index (χ3n) is 3.75. The van der Waals surface area contributed by atoms with E-state index in [0.29, 0.717) is 24.8 Å². The number of carboxylic acids is 1. The second-order valence-corrected chi connectivity index (χ2v) is 7.21. The Morgan fingerprint density at radius 2 is 1.95 bits per heavy atom. The van der Waals surface area contributed by atoms with Crippen molar-refractivity contribution in [3.8, 4) is 0 Å².